The van der Waals surface area contributed by atoms with Crippen LogP contribution in [-0.4, -0.2) is 48.2 Å². The van der Waals surface area contributed by atoms with Crippen LogP contribution in [0.3, 0.4) is 0 Å². The first-order valence-electron chi connectivity index (χ1n) is 7.18. The summed E-state index contributed by atoms with van der Waals surface area (Å²) in [7, 11) is 0. The predicted octanol–water partition coefficient (Wildman–Crippen LogP) is 1.81. The van der Waals surface area contributed by atoms with Crippen molar-refractivity contribution < 1.29 is 9.90 Å². The molecule has 0 aromatic rings. The van der Waals surface area contributed by atoms with E-state index in [0.717, 1.165) is 39.0 Å². The summed E-state index contributed by atoms with van der Waals surface area (Å²) in [4.78, 5) is 13.3. The summed E-state index contributed by atoms with van der Waals surface area (Å²) in [5.74, 6) is 0.276. The van der Waals surface area contributed by atoms with E-state index in [1.165, 1.54) is 0 Å². The third-order valence-corrected chi connectivity index (χ3v) is 3.43. The Hall–Kier alpha value is -0.610. The van der Waals surface area contributed by atoms with Gasteiger partial charge in [-0.2, -0.15) is 0 Å². The van der Waals surface area contributed by atoms with Gasteiger partial charge in [-0.25, -0.2) is 0 Å². The Bertz CT molecular complexity index is 256. The zero-order valence-corrected chi connectivity index (χ0v) is 12.0. The van der Waals surface area contributed by atoms with Crippen LogP contribution in [0.15, 0.2) is 0 Å². The fourth-order valence-corrected chi connectivity index (χ4v) is 2.75. The smallest absolute Gasteiger partial charge is 0.303 e. The van der Waals surface area contributed by atoms with Gasteiger partial charge in [-0.15, -0.1) is 0 Å². The normalized spacial score (nSPS) is 25.6. The van der Waals surface area contributed by atoms with Crippen molar-refractivity contribution >= 4 is 5.97 Å². The van der Waals surface area contributed by atoms with E-state index >= 15 is 0 Å². The third-order valence-electron chi connectivity index (χ3n) is 3.43. The second-order valence-corrected chi connectivity index (χ2v) is 5.96. The largest absolute Gasteiger partial charge is 0.481 e. The van der Waals surface area contributed by atoms with Gasteiger partial charge < -0.3 is 15.3 Å². The molecule has 0 aliphatic carbocycles. The van der Waals surface area contributed by atoms with Gasteiger partial charge in [0.1, 0.15) is 0 Å². The molecule has 18 heavy (non-hydrogen) atoms. The highest BCUT2D eigenvalue weighted by atomic mass is 16.4. The summed E-state index contributed by atoms with van der Waals surface area (Å²) < 4.78 is 0. The van der Waals surface area contributed by atoms with Gasteiger partial charge in [0.15, 0.2) is 0 Å². The number of hydrogen-bond donors (Lipinski definition) is 2. The maximum atomic E-state index is 10.9. The summed E-state index contributed by atoms with van der Waals surface area (Å²) in [5, 5.41) is 12.5. The van der Waals surface area contributed by atoms with Crippen molar-refractivity contribution in [1.82, 2.24) is 10.2 Å². The van der Waals surface area contributed by atoms with Gasteiger partial charge in [0.25, 0.3) is 0 Å². The second-order valence-electron chi connectivity index (χ2n) is 5.96. The van der Waals surface area contributed by atoms with Gasteiger partial charge in [0.05, 0.1) is 0 Å². The van der Waals surface area contributed by atoms with Gasteiger partial charge in [0.2, 0.25) is 0 Å². The number of nitrogens with one attached hydrogen (secondary N) is 1. The molecule has 4 heteroatoms. The minimum absolute atomic E-state index is 0.299. The van der Waals surface area contributed by atoms with E-state index in [0.29, 0.717) is 24.3 Å². The quantitative estimate of drug-likeness (QED) is 0.729. The maximum Gasteiger partial charge on any atom is 0.303 e. The minimum Gasteiger partial charge on any atom is -0.481 e. The van der Waals surface area contributed by atoms with Crippen molar-refractivity contribution in [2.75, 3.05) is 26.2 Å². The number of rotatable bonds is 7. The fourth-order valence-electron chi connectivity index (χ4n) is 2.75. The first-order valence-corrected chi connectivity index (χ1v) is 7.18. The molecule has 2 atom stereocenters. The van der Waals surface area contributed by atoms with Crippen molar-refractivity contribution in [2.45, 2.75) is 46.1 Å². The molecule has 0 aromatic heterocycles. The van der Waals surface area contributed by atoms with Crippen LogP contribution >= 0.6 is 0 Å². The van der Waals surface area contributed by atoms with Crippen LogP contribution < -0.4 is 5.32 Å². The molecule has 1 fully saturated rings. The summed E-state index contributed by atoms with van der Waals surface area (Å²) in [6.07, 6.45) is 2.44. The van der Waals surface area contributed by atoms with Gasteiger partial charge >= 0.3 is 5.97 Å². The molecule has 2 unspecified atom stereocenters. The standard InChI is InChI=1S/C14H28N2O2/c1-4-5-16-9-12(7-14(17)18)6-13(10-16)15-8-11(2)3/h11-13,15H,4-10H2,1-3H3,(H,17,18). The molecule has 0 aromatic carbocycles. The molecular formula is C14H28N2O2. The van der Waals surface area contributed by atoms with E-state index in [4.69, 9.17) is 5.11 Å². The predicted molar refractivity (Wildman–Crippen MR) is 73.7 cm³/mol. The van der Waals surface area contributed by atoms with E-state index in [-0.39, 0.29) is 0 Å². The zero-order valence-electron chi connectivity index (χ0n) is 12.0. The first-order chi connectivity index (χ1) is 8.51. The Kier molecular flexibility index (Phi) is 6.65. The number of carbonyl (C=O) groups is 1. The lowest BCUT2D eigenvalue weighted by Crippen LogP contribution is -2.50. The molecule has 0 spiro atoms. The van der Waals surface area contributed by atoms with Crippen LogP contribution in [0.25, 0.3) is 0 Å². The van der Waals surface area contributed by atoms with E-state index in [9.17, 15) is 4.79 Å². The third kappa shape index (κ3) is 5.83. The van der Waals surface area contributed by atoms with Gasteiger partial charge in [-0.3, -0.25) is 4.79 Å². The molecule has 0 saturated carbocycles. The van der Waals surface area contributed by atoms with Crippen molar-refractivity contribution in [1.29, 1.82) is 0 Å². The highest BCUT2D eigenvalue weighted by Gasteiger charge is 2.27. The Morgan fingerprint density at radius 3 is 2.72 bits per heavy atom. The van der Waals surface area contributed by atoms with Crippen LogP contribution in [0.2, 0.25) is 0 Å². The molecule has 1 rings (SSSR count). The van der Waals surface area contributed by atoms with E-state index in [2.05, 4.69) is 31.0 Å². The van der Waals surface area contributed by atoms with Crippen molar-refractivity contribution in [3.05, 3.63) is 0 Å². The number of carboxylic acids is 1. The van der Waals surface area contributed by atoms with E-state index in [1.807, 2.05) is 0 Å². The van der Waals surface area contributed by atoms with Crippen LogP contribution in [0.4, 0.5) is 0 Å². The average molecular weight is 256 g/mol. The molecule has 106 valence electrons. The lowest BCUT2D eigenvalue weighted by atomic mass is 9.91. The van der Waals surface area contributed by atoms with E-state index in [1.54, 1.807) is 0 Å². The molecule has 1 aliphatic rings. The molecule has 0 bridgehead atoms. The number of likely N-dealkylation sites (tertiary alicyclic amines) is 1. The lowest BCUT2D eigenvalue weighted by molar-refractivity contribution is -0.138. The van der Waals surface area contributed by atoms with Crippen LogP contribution in [0.1, 0.15) is 40.0 Å². The van der Waals surface area contributed by atoms with Crippen molar-refractivity contribution in [3.63, 3.8) is 0 Å². The minimum atomic E-state index is -0.666. The molecule has 0 radical (unpaired) electrons. The molecule has 2 N–H and O–H groups in total. The highest BCUT2D eigenvalue weighted by molar-refractivity contribution is 5.67. The average Bonchev–Trinajstić information content (AvgIpc) is 2.25. The number of aliphatic carboxylic acids is 1. The molecular weight excluding hydrogens is 228 g/mol. The molecule has 0 amide bonds. The summed E-state index contributed by atoms with van der Waals surface area (Å²) in [5.41, 5.74) is 0. The summed E-state index contributed by atoms with van der Waals surface area (Å²) >= 11 is 0. The number of carboxylic acid groups (broad SMARTS) is 1. The number of piperidine rings is 1. The Labute approximate surface area is 111 Å². The summed E-state index contributed by atoms with van der Waals surface area (Å²) in [6.45, 7) is 10.7. The molecule has 1 saturated heterocycles. The van der Waals surface area contributed by atoms with Crippen LogP contribution in [-0.2, 0) is 4.79 Å². The van der Waals surface area contributed by atoms with Crippen LogP contribution in [0, 0.1) is 11.8 Å². The van der Waals surface area contributed by atoms with E-state index < -0.39 is 5.97 Å². The zero-order chi connectivity index (χ0) is 13.5. The van der Waals surface area contributed by atoms with Crippen LogP contribution in [0.5, 0.6) is 0 Å². The lowest BCUT2D eigenvalue weighted by Gasteiger charge is -2.38. The highest BCUT2D eigenvalue weighted by Crippen LogP contribution is 2.20. The summed E-state index contributed by atoms with van der Waals surface area (Å²) in [6, 6.07) is 0.456. The Morgan fingerprint density at radius 2 is 2.17 bits per heavy atom. The molecule has 1 aliphatic heterocycles. The van der Waals surface area contributed by atoms with Gasteiger partial charge in [0, 0.05) is 25.6 Å². The topological polar surface area (TPSA) is 52.6 Å². The van der Waals surface area contributed by atoms with Gasteiger partial charge in [-0.05, 0) is 37.8 Å². The molecule has 1 heterocycles. The fraction of sp³-hybridized carbons (Fsp3) is 0.929. The number of nitrogens with zero attached hydrogens (tertiary/aromatic N) is 1. The van der Waals surface area contributed by atoms with Crippen molar-refractivity contribution in [3.8, 4) is 0 Å². The number of hydrogen-bond acceptors (Lipinski definition) is 3. The SMILES string of the molecule is CCCN1CC(CC(=O)O)CC(NCC(C)C)C1. The van der Waals surface area contributed by atoms with Gasteiger partial charge in [-0.1, -0.05) is 20.8 Å². The molecule has 4 nitrogen and oxygen atoms in total. The first kappa shape index (κ1) is 15.4. The maximum absolute atomic E-state index is 10.9. The Balaban J connectivity index is 2.47. The second kappa shape index (κ2) is 7.74. The monoisotopic (exact) mass is 256 g/mol. The Morgan fingerprint density at radius 1 is 1.44 bits per heavy atom. The van der Waals surface area contributed by atoms with Crippen molar-refractivity contribution in [2.24, 2.45) is 11.8 Å².